The fraction of sp³-hybridized carbons (Fsp3) is 0.950. The second kappa shape index (κ2) is 12.4. The number of fused-ring (bicyclic) bond motifs is 1. The van der Waals surface area contributed by atoms with Crippen LogP contribution in [0.3, 0.4) is 0 Å². The van der Waals surface area contributed by atoms with E-state index in [0.717, 1.165) is 44.7 Å². The number of hydrogen-bond donors (Lipinski definition) is 2. The number of ether oxygens (including phenoxy) is 1. The lowest BCUT2D eigenvalue weighted by molar-refractivity contribution is -0.0432. The molecule has 27 heavy (non-hydrogen) atoms. The number of aliphatic imine (C=N–C) groups is 1. The lowest BCUT2D eigenvalue weighted by atomic mass is 9.99. The van der Waals surface area contributed by atoms with Crippen molar-refractivity contribution in [3.8, 4) is 0 Å². The molecule has 0 aliphatic carbocycles. The number of rotatable bonds is 7. The van der Waals surface area contributed by atoms with Crippen molar-refractivity contribution in [2.24, 2.45) is 10.9 Å². The Balaban J connectivity index is 0.00000261. The molecule has 0 spiro atoms. The monoisotopic (exact) mass is 493 g/mol. The SMILES string of the molecule is CCNC(=NCC1CN2CCCC2CO1)NCCCN1CCC(C)CC1.I. The molecule has 7 heteroatoms. The molecule has 3 aliphatic rings. The Hall–Kier alpha value is -0.120. The third-order valence-electron chi connectivity index (χ3n) is 6.08. The highest BCUT2D eigenvalue weighted by Gasteiger charge is 2.31. The van der Waals surface area contributed by atoms with Gasteiger partial charge in [-0.25, -0.2) is 0 Å². The molecule has 2 atom stereocenters. The van der Waals surface area contributed by atoms with Crippen molar-refractivity contribution >= 4 is 29.9 Å². The Morgan fingerprint density at radius 3 is 2.74 bits per heavy atom. The highest BCUT2D eigenvalue weighted by Crippen LogP contribution is 2.22. The van der Waals surface area contributed by atoms with Crippen molar-refractivity contribution in [3.05, 3.63) is 0 Å². The van der Waals surface area contributed by atoms with Gasteiger partial charge in [-0.2, -0.15) is 0 Å². The molecule has 0 saturated carbocycles. The summed E-state index contributed by atoms with van der Waals surface area (Å²) in [7, 11) is 0. The van der Waals surface area contributed by atoms with Gasteiger partial charge in [-0.15, -0.1) is 24.0 Å². The molecular formula is C20H40IN5O. The minimum Gasteiger partial charge on any atom is -0.373 e. The third-order valence-corrected chi connectivity index (χ3v) is 6.08. The van der Waals surface area contributed by atoms with Gasteiger partial charge in [0.2, 0.25) is 0 Å². The number of nitrogens with zero attached hydrogens (tertiary/aromatic N) is 3. The van der Waals surface area contributed by atoms with Crippen molar-refractivity contribution in [2.75, 3.05) is 59.0 Å². The number of nitrogens with one attached hydrogen (secondary N) is 2. The number of likely N-dealkylation sites (tertiary alicyclic amines) is 1. The summed E-state index contributed by atoms with van der Waals surface area (Å²) in [5.74, 6) is 1.85. The zero-order valence-corrected chi connectivity index (χ0v) is 19.6. The van der Waals surface area contributed by atoms with Crippen molar-refractivity contribution < 1.29 is 4.74 Å². The summed E-state index contributed by atoms with van der Waals surface area (Å²) < 4.78 is 6.02. The van der Waals surface area contributed by atoms with Crippen molar-refractivity contribution in [1.29, 1.82) is 0 Å². The first-order valence-electron chi connectivity index (χ1n) is 10.8. The van der Waals surface area contributed by atoms with E-state index in [2.05, 4.69) is 34.3 Å². The van der Waals surface area contributed by atoms with Crippen LogP contribution in [0.25, 0.3) is 0 Å². The van der Waals surface area contributed by atoms with Crippen LogP contribution in [0, 0.1) is 5.92 Å². The molecular weight excluding hydrogens is 453 g/mol. The van der Waals surface area contributed by atoms with E-state index in [-0.39, 0.29) is 30.1 Å². The van der Waals surface area contributed by atoms with E-state index in [9.17, 15) is 0 Å². The Bertz CT molecular complexity index is 442. The molecule has 6 nitrogen and oxygen atoms in total. The van der Waals surface area contributed by atoms with Gasteiger partial charge in [0.15, 0.2) is 5.96 Å². The van der Waals surface area contributed by atoms with Crippen LogP contribution in [-0.2, 0) is 4.74 Å². The fourth-order valence-electron chi connectivity index (χ4n) is 4.33. The molecule has 3 fully saturated rings. The van der Waals surface area contributed by atoms with Crippen LogP contribution in [-0.4, -0.2) is 86.9 Å². The summed E-state index contributed by atoms with van der Waals surface area (Å²) in [6.07, 6.45) is 6.76. The second-order valence-electron chi connectivity index (χ2n) is 8.27. The highest BCUT2D eigenvalue weighted by atomic mass is 127. The van der Waals surface area contributed by atoms with E-state index in [0.29, 0.717) is 6.04 Å². The normalized spacial score (nSPS) is 27.9. The van der Waals surface area contributed by atoms with Crippen LogP contribution < -0.4 is 10.6 Å². The lowest BCUT2D eigenvalue weighted by Gasteiger charge is -2.34. The minimum absolute atomic E-state index is 0. The zero-order valence-electron chi connectivity index (χ0n) is 17.3. The van der Waals surface area contributed by atoms with Gasteiger partial charge in [0, 0.05) is 25.7 Å². The van der Waals surface area contributed by atoms with Crippen LogP contribution in [0.15, 0.2) is 4.99 Å². The van der Waals surface area contributed by atoms with Gasteiger partial charge in [0.05, 0.1) is 19.3 Å². The molecule has 3 heterocycles. The van der Waals surface area contributed by atoms with Crippen LogP contribution in [0.2, 0.25) is 0 Å². The van der Waals surface area contributed by atoms with E-state index in [1.165, 1.54) is 58.3 Å². The second-order valence-corrected chi connectivity index (χ2v) is 8.27. The molecule has 0 aromatic rings. The molecule has 0 aromatic carbocycles. The number of piperidine rings is 1. The smallest absolute Gasteiger partial charge is 0.191 e. The summed E-state index contributed by atoms with van der Waals surface area (Å²) in [5, 5.41) is 6.87. The van der Waals surface area contributed by atoms with Crippen LogP contribution in [0.5, 0.6) is 0 Å². The maximum absolute atomic E-state index is 6.02. The Kier molecular flexibility index (Phi) is 10.7. The molecule has 0 aromatic heterocycles. The average Bonchev–Trinajstić information content (AvgIpc) is 3.12. The summed E-state index contributed by atoms with van der Waals surface area (Å²) in [4.78, 5) is 9.97. The summed E-state index contributed by atoms with van der Waals surface area (Å²) in [5.41, 5.74) is 0. The first kappa shape index (κ1) is 23.2. The van der Waals surface area contributed by atoms with Crippen molar-refractivity contribution in [3.63, 3.8) is 0 Å². The topological polar surface area (TPSA) is 52.1 Å². The standard InChI is InChI=1S/C20H39N5O.HI/c1-3-21-20(22-9-5-10-24-12-7-17(2)8-13-24)23-14-19-15-25-11-4-6-18(25)16-26-19;/h17-19H,3-16H2,1-2H3,(H2,21,22,23);1H. The number of morpholine rings is 1. The van der Waals surface area contributed by atoms with Gasteiger partial charge in [0.1, 0.15) is 0 Å². The van der Waals surface area contributed by atoms with Crippen molar-refractivity contribution in [1.82, 2.24) is 20.4 Å². The first-order chi connectivity index (χ1) is 12.7. The predicted molar refractivity (Wildman–Crippen MR) is 123 cm³/mol. The van der Waals surface area contributed by atoms with Gasteiger partial charge in [0.25, 0.3) is 0 Å². The number of halogens is 1. The average molecular weight is 493 g/mol. The molecule has 2 unspecified atom stereocenters. The van der Waals surface area contributed by atoms with Crippen molar-refractivity contribution in [2.45, 2.75) is 58.1 Å². The predicted octanol–water partition coefficient (Wildman–Crippen LogP) is 2.14. The summed E-state index contributed by atoms with van der Waals surface area (Å²) in [6, 6.07) is 0.666. The molecule has 3 rings (SSSR count). The summed E-state index contributed by atoms with van der Waals surface area (Å²) in [6.45, 7) is 14.0. The molecule has 158 valence electrons. The van der Waals surface area contributed by atoms with Crippen LogP contribution in [0.4, 0.5) is 0 Å². The Morgan fingerprint density at radius 2 is 1.96 bits per heavy atom. The number of guanidine groups is 1. The Labute approximate surface area is 182 Å². The quantitative estimate of drug-likeness (QED) is 0.247. The van der Waals surface area contributed by atoms with E-state index >= 15 is 0 Å². The van der Waals surface area contributed by atoms with Gasteiger partial charge < -0.3 is 20.3 Å². The van der Waals surface area contributed by atoms with E-state index in [4.69, 9.17) is 9.73 Å². The van der Waals surface area contributed by atoms with Crippen LogP contribution in [0.1, 0.15) is 46.0 Å². The van der Waals surface area contributed by atoms with Gasteiger partial charge in [-0.05, 0) is 71.1 Å². The molecule has 2 N–H and O–H groups in total. The van der Waals surface area contributed by atoms with Crippen LogP contribution >= 0.6 is 24.0 Å². The van der Waals surface area contributed by atoms with Gasteiger partial charge in [-0.3, -0.25) is 9.89 Å². The molecule has 0 radical (unpaired) electrons. The summed E-state index contributed by atoms with van der Waals surface area (Å²) >= 11 is 0. The maximum atomic E-state index is 6.02. The Morgan fingerprint density at radius 1 is 1.15 bits per heavy atom. The minimum atomic E-state index is 0. The maximum Gasteiger partial charge on any atom is 0.191 e. The lowest BCUT2D eigenvalue weighted by Crippen LogP contribution is -2.47. The number of hydrogen-bond acceptors (Lipinski definition) is 4. The highest BCUT2D eigenvalue weighted by molar-refractivity contribution is 14.0. The van der Waals surface area contributed by atoms with E-state index in [1.807, 2.05) is 0 Å². The van der Waals surface area contributed by atoms with Gasteiger partial charge >= 0.3 is 0 Å². The molecule has 3 aliphatic heterocycles. The zero-order chi connectivity index (χ0) is 18.2. The fourth-order valence-corrected chi connectivity index (χ4v) is 4.33. The largest absolute Gasteiger partial charge is 0.373 e. The molecule has 3 saturated heterocycles. The molecule has 0 bridgehead atoms. The van der Waals surface area contributed by atoms with E-state index in [1.54, 1.807) is 0 Å². The van der Waals surface area contributed by atoms with Gasteiger partial charge in [-0.1, -0.05) is 6.92 Å². The van der Waals surface area contributed by atoms with E-state index < -0.39 is 0 Å². The molecule has 0 amide bonds. The first-order valence-corrected chi connectivity index (χ1v) is 10.8. The third kappa shape index (κ3) is 7.66.